The van der Waals surface area contributed by atoms with Crippen LogP contribution in [-0.2, 0) is 19.2 Å². The number of hydrogen-bond acceptors (Lipinski definition) is 4. The van der Waals surface area contributed by atoms with Crippen molar-refractivity contribution in [2.45, 2.75) is 45.4 Å². The van der Waals surface area contributed by atoms with Crippen molar-refractivity contribution < 1.29 is 29.4 Å². The zero-order valence-corrected chi connectivity index (χ0v) is 10.8. The summed E-state index contributed by atoms with van der Waals surface area (Å²) in [6, 6.07) is 0. The highest BCUT2D eigenvalue weighted by molar-refractivity contribution is 6.14. The summed E-state index contributed by atoms with van der Waals surface area (Å²) in [4.78, 5) is 45.6. The first-order valence-electron chi connectivity index (χ1n) is 6.28. The summed E-state index contributed by atoms with van der Waals surface area (Å²) in [6.07, 6.45) is 0.567. The summed E-state index contributed by atoms with van der Waals surface area (Å²) < 4.78 is 0. The van der Waals surface area contributed by atoms with E-state index in [-0.39, 0.29) is 18.8 Å². The molecule has 6 nitrogen and oxygen atoms in total. The zero-order chi connectivity index (χ0) is 14.6. The van der Waals surface area contributed by atoms with E-state index in [1.165, 1.54) is 0 Å². The lowest BCUT2D eigenvalue weighted by atomic mass is 9.64. The summed E-state index contributed by atoms with van der Waals surface area (Å²) in [5.74, 6) is -3.77. The molecule has 0 aliphatic heterocycles. The number of Topliss-reactive ketones (excluding diaryl/α,β-unsaturated/α-hetero) is 2. The van der Waals surface area contributed by atoms with Crippen LogP contribution < -0.4 is 0 Å². The van der Waals surface area contributed by atoms with Gasteiger partial charge in [-0.1, -0.05) is 19.8 Å². The average molecular weight is 270 g/mol. The van der Waals surface area contributed by atoms with Crippen LogP contribution in [0, 0.1) is 11.3 Å². The molecule has 0 radical (unpaired) electrons. The summed E-state index contributed by atoms with van der Waals surface area (Å²) in [5, 5.41) is 17.4. The predicted octanol–water partition coefficient (Wildman–Crippen LogP) is 1.27. The molecular formula is C13H18O6. The van der Waals surface area contributed by atoms with Crippen molar-refractivity contribution >= 4 is 23.5 Å². The second kappa shape index (κ2) is 5.95. The van der Waals surface area contributed by atoms with Crippen molar-refractivity contribution in [3.8, 4) is 0 Å². The van der Waals surface area contributed by atoms with E-state index in [0.717, 1.165) is 6.42 Å². The molecule has 2 N–H and O–H groups in total. The Labute approximate surface area is 110 Å². The molecule has 0 aromatic carbocycles. The van der Waals surface area contributed by atoms with E-state index in [1.807, 2.05) is 6.92 Å². The fourth-order valence-electron chi connectivity index (χ4n) is 2.83. The lowest BCUT2D eigenvalue weighted by Crippen LogP contribution is -2.44. The standard InChI is InChI=1S/C13H18O6/c1-8-3-2-4-13(7-8,9(14)5-11(16)17)10(15)6-12(18)19/h8H,2-7H2,1H3,(H,16,17)(H,18,19). The van der Waals surface area contributed by atoms with Gasteiger partial charge in [0.05, 0.1) is 5.41 Å². The first-order chi connectivity index (χ1) is 8.78. The Hall–Kier alpha value is -1.72. The second-order valence-electron chi connectivity index (χ2n) is 5.27. The Morgan fingerprint density at radius 3 is 1.89 bits per heavy atom. The third-order valence-electron chi connectivity index (χ3n) is 3.69. The Bertz CT molecular complexity index is 383. The van der Waals surface area contributed by atoms with Gasteiger partial charge >= 0.3 is 11.9 Å². The van der Waals surface area contributed by atoms with Crippen LogP contribution in [0.2, 0.25) is 0 Å². The third kappa shape index (κ3) is 3.62. The highest BCUT2D eigenvalue weighted by Crippen LogP contribution is 2.42. The van der Waals surface area contributed by atoms with Crippen LogP contribution in [0.4, 0.5) is 0 Å². The van der Waals surface area contributed by atoms with Crippen LogP contribution in [0.1, 0.15) is 45.4 Å². The molecule has 1 atom stereocenters. The largest absolute Gasteiger partial charge is 0.481 e. The molecule has 19 heavy (non-hydrogen) atoms. The van der Waals surface area contributed by atoms with E-state index in [4.69, 9.17) is 10.2 Å². The molecule has 0 aromatic heterocycles. The fraction of sp³-hybridized carbons (Fsp3) is 0.692. The number of rotatable bonds is 6. The molecular weight excluding hydrogens is 252 g/mol. The maximum absolute atomic E-state index is 12.1. The van der Waals surface area contributed by atoms with Crippen LogP contribution in [0.15, 0.2) is 0 Å². The van der Waals surface area contributed by atoms with Crippen LogP contribution in [0.3, 0.4) is 0 Å². The fourth-order valence-corrected chi connectivity index (χ4v) is 2.83. The molecule has 1 rings (SSSR count). The number of carbonyl (C=O) groups is 4. The summed E-state index contributed by atoms with van der Waals surface area (Å²) in [7, 11) is 0. The Morgan fingerprint density at radius 2 is 1.53 bits per heavy atom. The number of carboxylic acid groups (broad SMARTS) is 2. The lowest BCUT2D eigenvalue weighted by Gasteiger charge is -2.37. The Morgan fingerprint density at radius 1 is 1.05 bits per heavy atom. The minimum Gasteiger partial charge on any atom is -0.481 e. The van der Waals surface area contributed by atoms with Crippen molar-refractivity contribution in [3.63, 3.8) is 0 Å². The molecule has 1 unspecified atom stereocenters. The molecule has 0 heterocycles. The van der Waals surface area contributed by atoms with Crippen molar-refractivity contribution in [1.82, 2.24) is 0 Å². The zero-order valence-electron chi connectivity index (χ0n) is 10.8. The highest BCUT2D eigenvalue weighted by Gasteiger charge is 2.48. The Balaban J connectivity index is 3.02. The molecule has 0 amide bonds. The normalized spacial score (nSPS) is 21.6. The highest BCUT2D eigenvalue weighted by atomic mass is 16.4. The second-order valence-corrected chi connectivity index (χ2v) is 5.27. The van der Waals surface area contributed by atoms with Gasteiger partial charge in [0.15, 0.2) is 11.6 Å². The van der Waals surface area contributed by atoms with Crippen LogP contribution in [-0.4, -0.2) is 33.7 Å². The monoisotopic (exact) mass is 270 g/mol. The molecule has 1 saturated carbocycles. The predicted molar refractivity (Wildman–Crippen MR) is 64.6 cm³/mol. The molecule has 1 fully saturated rings. The van der Waals surface area contributed by atoms with Crippen molar-refractivity contribution in [1.29, 1.82) is 0 Å². The smallest absolute Gasteiger partial charge is 0.310 e. The Kier molecular flexibility index (Phi) is 4.80. The number of hydrogen-bond donors (Lipinski definition) is 2. The van der Waals surface area contributed by atoms with Crippen LogP contribution in [0.25, 0.3) is 0 Å². The maximum Gasteiger partial charge on any atom is 0.310 e. The first kappa shape index (κ1) is 15.3. The van der Waals surface area contributed by atoms with Gasteiger partial charge in [-0.2, -0.15) is 0 Å². The van der Waals surface area contributed by atoms with Gasteiger partial charge in [-0.25, -0.2) is 0 Å². The molecule has 0 aromatic rings. The van der Waals surface area contributed by atoms with E-state index < -0.39 is 41.8 Å². The lowest BCUT2D eigenvalue weighted by molar-refractivity contribution is -0.150. The molecule has 0 bridgehead atoms. The summed E-state index contributed by atoms with van der Waals surface area (Å²) in [6.45, 7) is 1.88. The van der Waals surface area contributed by atoms with E-state index in [9.17, 15) is 19.2 Å². The number of carbonyl (C=O) groups excluding carboxylic acids is 2. The van der Waals surface area contributed by atoms with Gasteiger partial charge in [-0.05, 0) is 18.8 Å². The molecule has 106 valence electrons. The van der Waals surface area contributed by atoms with E-state index in [0.29, 0.717) is 6.42 Å². The SMILES string of the molecule is CC1CCCC(C(=O)CC(=O)O)(C(=O)CC(=O)O)C1. The first-order valence-corrected chi connectivity index (χ1v) is 6.28. The van der Waals surface area contributed by atoms with Gasteiger partial charge in [0.25, 0.3) is 0 Å². The minimum atomic E-state index is -1.41. The van der Waals surface area contributed by atoms with Crippen molar-refractivity contribution in [2.24, 2.45) is 11.3 Å². The average Bonchev–Trinajstić information content (AvgIpc) is 2.26. The molecule has 1 aliphatic carbocycles. The van der Waals surface area contributed by atoms with Gasteiger partial charge in [0.1, 0.15) is 12.8 Å². The maximum atomic E-state index is 12.1. The van der Waals surface area contributed by atoms with Gasteiger partial charge in [0, 0.05) is 0 Å². The van der Waals surface area contributed by atoms with E-state index in [1.54, 1.807) is 0 Å². The van der Waals surface area contributed by atoms with E-state index in [2.05, 4.69) is 0 Å². The van der Waals surface area contributed by atoms with Gasteiger partial charge < -0.3 is 10.2 Å². The van der Waals surface area contributed by atoms with Crippen molar-refractivity contribution in [3.05, 3.63) is 0 Å². The van der Waals surface area contributed by atoms with E-state index >= 15 is 0 Å². The molecule has 0 spiro atoms. The summed E-state index contributed by atoms with van der Waals surface area (Å²) >= 11 is 0. The van der Waals surface area contributed by atoms with Crippen LogP contribution >= 0.6 is 0 Å². The van der Waals surface area contributed by atoms with Crippen LogP contribution in [0.5, 0.6) is 0 Å². The van der Waals surface area contributed by atoms with Crippen molar-refractivity contribution in [2.75, 3.05) is 0 Å². The van der Waals surface area contributed by atoms with Gasteiger partial charge in [0.2, 0.25) is 0 Å². The molecule has 1 aliphatic rings. The minimum absolute atomic E-state index is 0.115. The summed E-state index contributed by atoms with van der Waals surface area (Å²) in [5.41, 5.74) is -1.41. The quantitative estimate of drug-likeness (QED) is 0.703. The number of aliphatic carboxylic acids is 2. The molecule has 6 heteroatoms. The number of carboxylic acids is 2. The molecule has 0 saturated heterocycles. The van der Waals surface area contributed by atoms with Gasteiger partial charge in [-0.3, -0.25) is 19.2 Å². The number of ketones is 2. The third-order valence-corrected chi connectivity index (χ3v) is 3.69. The van der Waals surface area contributed by atoms with Gasteiger partial charge in [-0.15, -0.1) is 0 Å². The topological polar surface area (TPSA) is 109 Å².